The standard InChI is InChI=1S/C8H14F3NO2/c1-3-5-12(4-2)7(13)14-6-8(9,10)11/h3-6H2,1-2H3. The van der Waals surface area contributed by atoms with Crippen LogP contribution in [0.15, 0.2) is 0 Å². The molecule has 84 valence electrons. The van der Waals surface area contributed by atoms with Crippen molar-refractivity contribution in [3.63, 3.8) is 0 Å². The van der Waals surface area contributed by atoms with Gasteiger partial charge in [-0.05, 0) is 13.3 Å². The van der Waals surface area contributed by atoms with E-state index in [1.54, 1.807) is 6.92 Å². The van der Waals surface area contributed by atoms with Gasteiger partial charge in [-0.15, -0.1) is 0 Å². The summed E-state index contributed by atoms with van der Waals surface area (Å²) in [5.74, 6) is 0. The molecule has 0 aromatic carbocycles. The zero-order valence-corrected chi connectivity index (χ0v) is 8.23. The Morgan fingerprint density at radius 2 is 1.93 bits per heavy atom. The van der Waals surface area contributed by atoms with E-state index in [-0.39, 0.29) is 0 Å². The van der Waals surface area contributed by atoms with Crippen molar-refractivity contribution in [1.29, 1.82) is 0 Å². The SMILES string of the molecule is CCCN(CC)C(=O)OCC(F)(F)F. The molecule has 0 aromatic heterocycles. The summed E-state index contributed by atoms with van der Waals surface area (Å²) >= 11 is 0. The Kier molecular flexibility index (Phi) is 5.34. The van der Waals surface area contributed by atoms with Gasteiger partial charge in [0.1, 0.15) is 0 Å². The molecule has 0 atom stereocenters. The molecule has 0 aromatic rings. The van der Waals surface area contributed by atoms with Crippen LogP contribution < -0.4 is 0 Å². The molecule has 0 N–H and O–H groups in total. The number of hydrogen-bond acceptors (Lipinski definition) is 2. The van der Waals surface area contributed by atoms with Crippen molar-refractivity contribution < 1.29 is 22.7 Å². The fourth-order valence-corrected chi connectivity index (χ4v) is 0.883. The highest BCUT2D eigenvalue weighted by molar-refractivity contribution is 5.67. The minimum Gasteiger partial charge on any atom is -0.440 e. The summed E-state index contributed by atoms with van der Waals surface area (Å²) in [6.45, 7) is 2.76. The number of carbonyl (C=O) groups is 1. The Morgan fingerprint density at radius 1 is 1.36 bits per heavy atom. The maximum Gasteiger partial charge on any atom is 0.422 e. The molecular weight excluding hydrogens is 199 g/mol. The van der Waals surface area contributed by atoms with Crippen LogP contribution in [0.2, 0.25) is 0 Å². The quantitative estimate of drug-likeness (QED) is 0.717. The smallest absolute Gasteiger partial charge is 0.422 e. The molecule has 6 heteroatoms. The number of alkyl halides is 3. The van der Waals surface area contributed by atoms with Crippen LogP contribution in [0.25, 0.3) is 0 Å². The van der Waals surface area contributed by atoms with Gasteiger partial charge in [0.25, 0.3) is 0 Å². The average Bonchev–Trinajstić information content (AvgIpc) is 2.09. The first-order valence-electron chi connectivity index (χ1n) is 4.39. The molecule has 0 aliphatic carbocycles. The molecule has 0 fully saturated rings. The van der Waals surface area contributed by atoms with E-state index in [4.69, 9.17) is 0 Å². The van der Waals surface area contributed by atoms with Crippen molar-refractivity contribution in [3.05, 3.63) is 0 Å². The first kappa shape index (κ1) is 13.1. The molecule has 3 nitrogen and oxygen atoms in total. The summed E-state index contributed by atoms with van der Waals surface area (Å²) in [5.41, 5.74) is 0. The molecule has 14 heavy (non-hydrogen) atoms. The monoisotopic (exact) mass is 213 g/mol. The van der Waals surface area contributed by atoms with E-state index in [1.807, 2.05) is 6.92 Å². The maximum absolute atomic E-state index is 11.7. The summed E-state index contributed by atoms with van der Waals surface area (Å²) in [6, 6.07) is 0. The van der Waals surface area contributed by atoms with Crippen molar-refractivity contribution >= 4 is 6.09 Å². The topological polar surface area (TPSA) is 29.5 Å². The predicted molar refractivity (Wildman–Crippen MR) is 44.9 cm³/mol. The van der Waals surface area contributed by atoms with E-state index in [9.17, 15) is 18.0 Å². The van der Waals surface area contributed by atoms with Crippen molar-refractivity contribution in [2.75, 3.05) is 19.7 Å². The van der Waals surface area contributed by atoms with E-state index >= 15 is 0 Å². The number of nitrogens with zero attached hydrogens (tertiary/aromatic N) is 1. The summed E-state index contributed by atoms with van der Waals surface area (Å²) in [7, 11) is 0. The highest BCUT2D eigenvalue weighted by Crippen LogP contribution is 2.15. The average molecular weight is 213 g/mol. The summed E-state index contributed by atoms with van der Waals surface area (Å²) < 4.78 is 39.1. The normalized spacial score (nSPS) is 11.2. The third-order valence-corrected chi connectivity index (χ3v) is 1.49. The van der Waals surface area contributed by atoms with Crippen LogP contribution in [0.3, 0.4) is 0 Å². The Labute approximate surface area is 80.8 Å². The van der Waals surface area contributed by atoms with Gasteiger partial charge in [-0.25, -0.2) is 4.79 Å². The van der Waals surface area contributed by atoms with Gasteiger partial charge in [-0.3, -0.25) is 0 Å². The van der Waals surface area contributed by atoms with Crippen molar-refractivity contribution in [1.82, 2.24) is 4.90 Å². The van der Waals surface area contributed by atoms with Crippen molar-refractivity contribution in [2.24, 2.45) is 0 Å². The molecule has 0 rings (SSSR count). The van der Waals surface area contributed by atoms with Gasteiger partial charge in [0, 0.05) is 13.1 Å². The third-order valence-electron chi connectivity index (χ3n) is 1.49. The van der Waals surface area contributed by atoms with Gasteiger partial charge in [-0.2, -0.15) is 13.2 Å². The van der Waals surface area contributed by atoms with Gasteiger partial charge >= 0.3 is 12.3 Å². The van der Waals surface area contributed by atoms with Crippen LogP contribution in [0.4, 0.5) is 18.0 Å². The highest BCUT2D eigenvalue weighted by atomic mass is 19.4. The fourth-order valence-electron chi connectivity index (χ4n) is 0.883. The lowest BCUT2D eigenvalue weighted by Gasteiger charge is -2.19. The van der Waals surface area contributed by atoms with E-state index in [0.717, 1.165) is 0 Å². The zero-order valence-electron chi connectivity index (χ0n) is 8.23. The first-order chi connectivity index (χ1) is 6.40. The molecule has 0 aliphatic rings. The van der Waals surface area contributed by atoms with Gasteiger partial charge in [0.15, 0.2) is 6.61 Å². The summed E-state index contributed by atoms with van der Waals surface area (Å²) in [5, 5.41) is 0. The van der Waals surface area contributed by atoms with Crippen LogP contribution >= 0.6 is 0 Å². The fraction of sp³-hybridized carbons (Fsp3) is 0.875. The molecule has 0 radical (unpaired) electrons. The van der Waals surface area contributed by atoms with Gasteiger partial charge in [0.2, 0.25) is 0 Å². The van der Waals surface area contributed by atoms with Crippen molar-refractivity contribution in [3.8, 4) is 0 Å². The molecule has 0 bridgehead atoms. The number of ether oxygens (including phenoxy) is 1. The summed E-state index contributed by atoms with van der Waals surface area (Å²) in [6.07, 6.45) is -4.68. The van der Waals surface area contributed by atoms with Gasteiger partial charge in [-0.1, -0.05) is 6.92 Å². The molecule has 1 amide bonds. The molecule has 0 spiro atoms. The molecular formula is C8H14F3NO2. The minimum atomic E-state index is -4.46. The van der Waals surface area contributed by atoms with Gasteiger partial charge in [0.05, 0.1) is 0 Å². The Morgan fingerprint density at radius 3 is 2.29 bits per heavy atom. The maximum atomic E-state index is 11.7. The largest absolute Gasteiger partial charge is 0.440 e. The lowest BCUT2D eigenvalue weighted by molar-refractivity contribution is -0.162. The molecule has 0 unspecified atom stereocenters. The van der Waals surface area contributed by atoms with Crippen LogP contribution in [-0.2, 0) is 4.74 Å². The van der Waals surface area contributed by atoms with E-state index in [1.165, 1.54) is 4.90 Å². The molecule has 0 saturated heterocycles. The van der Waals surface area contributed by atoms with Crippen molar-refractivity contribution in [2.45, 2.75) is 26.4 Å². The van der Waals surface area contributed by atoms with Crippen LogP contribution in [0.5, 0.6) is 0 Å². The Balaban J connectivity index is 3.93. The van der Waals surface area contributed by atoms with Gasteiger partial charge < -0.3 is 9.64 Å². The lowest BCUT2D eigenvalue weighted by atomic mass is 10.4. The van der Waals surface area contributed by atoms with Crippen LogP contribution in [-0.4, -0.2) is 36.9 Å². The van der Waals surface area contributed by atoms with E-state index < -0.39 is 18.9 Å². The zero-order chi connectivity index (χ0) is 11.2. The number of halogens is 3. The number of hydrogen-bond donors (Lipinski definition) is 0. The molecule has 0 saturated carbocycles. The van der Waals surface area contributed by atoms with E-state index in [2.05, 4.69) is 4.74 Å². The first-order valence-corrected chi connectivity index (χ1v) is 4.39. The Bertz CT molecular complexity index is 182. The second-order valence-electron chi connectivity index (χ2n) is 2.75. The lowest BCUT2D eigenvalue weighted by Crippen LogP contribution is -2.34. The van der Waals surface area contributed by atoms with E-state index in [0.29, 0.717) is 19.5 Å². The third kappa shape index (κ3) is 5.66. The second-order valence-corrected chi connectivity index (χ2v) is 2.75. The molecule has 0 heterocycles. The Hall–Kier alpha value is -0.940. The minimum absolute atomic E-state index is 0.352. The predicted octanol–water partition coefficient (Wildman–Crippen LogP) is 2.42. The number of carbonyl (C=O) groups excluding carboxylic acids is 1. The highest BCUT2D eigenvalue weighted by Gasteiger charge is 2.30. The number of amides is 1. The summed E-state index contributed by atoms with van der Waals surface area (Å²) in [4.78, 5) is 12.2. The second kappa shape index (κ2) is 5.72. The van der Waals surface area contributed by atoms with Crippen LogP contribution in [0, 0.1) is 0 Å². The van der Waals surface area contributed by atoms with Crippen LogP contribution in [0.1, 0.15) is 20.3 Å². The molecule has 0 aliphatic heterocycles. The number of rotatable bonds is 4.